The number of nitrogens with one attached hydrogen (secondary N) is 1. The van der Waals surface area contributed by atoms with Gasteiger partial charge in [0.25, 0.3) is 0 Å². The van der Waals surface area contributed by atoms with Crippen molar-refractivity contribution in [3.63, 3.8) is 0 Å². The van der Waals surface area contributed by atoms with Gasteiger partial charge in [0.1, 0.15) is 5.75 Å². The maximum Gasteiger partial charge on any atom is 0.119 e. The number of fused-ring (bicyclic) bond motifs is 1. The van der Waals surface area contributed by atoms with E-state index in [2.05, 4.69) is 46.6 Å². The van der Waals surface area contributed by atoms with Crippen LogP contribution in [-0.2, 0) is 6.54 Å². The minimum atomic E-state index is 0.894. The molecule has 1 aliphatic rings. The van der Waals surface area contributed by atoms with Crippen LogP contribution in [0.5, 0.6) is 5.75 Å². The monoisotopic (exact) mass is 254 g/mol. The van der Waals surface area contributed by atoms with Gasteiger partial charge in [0, 0.05) is 31.0 Å². The van der Waals surface area contributed by atoms with Gasteiger partial charge in [-0.1, -0.05) is 18.2 Å². The molecule has 19 heavy (non-hydrogen) atoms. The first-order valence-corrected chi connectivity index (χ1v) is 6.59. The van der Waals surface area contributed by atoms with Crippen LogP contribution in [0.1, 0.15) is 5.56 Å². The highest BCUT2D eigenvalue weighted by Gasteiger charge is 2.15. The molecule has 0 radical (unpaired) electrons. The maximum absolute atomic E-state index is 5.22. The van der Waals surface area contributed by atoms with Crippen LogP contribution >= 0.6 is 0 Å². The molecule has 0 saturated carbocycles. The Morgan fingerprint density at radius 3 is 2.63 bits per heavy atom. The van der Waals surface area contributed by atoms with E-state index in [1.165, 1.54) is 16.9 Å². The van der Waals surface area contributed by atoms with Crippen LogP contribution in [0, 0.1) is 0 Å². The predicted molar refractivity (Wildman–Crippen MR) is 78.1 cm³/mol. The highest BCUT2D eigenvalue weighted by Crippen LogP contribution is 2.30. The van der Waals surface area contributed by atoms with Crippen molar-refractivity contribution in [2.75, 3.05) is 25.1 Å². The highest BCUT2D eigenvalue weighted by molar-refractivity contribution is 5.67. The topological polar surface area (TPSA) is 24.5 Å². The van der Waals surface area contributed by atoms with E-state index in [9.17, 15) is 0 Å². The summed E-state index contributed by atoms with van der Waals surface area (Å²) in [6.45, 7) is 2.90. The SMILES string of the molecule is COc1ccc(N2CCNCc3ccccc32)cc1. The lowest BCUT2D eigenvalue weighted by Crippen LogP contribution is -2.24. The fourth-order valence-electron chi connectivity index (χ4n) is 2.49. The van der Waals surface area contributed by atoms with Crippen molar-refractivity contribution in [3.8, 4) is 5.75 Å². The molecule has 3 rings (SSSR count). The molecule has 0 amide bonds. The molecular weight excluding hydrogens is 236 g/mol. The number of hydrogen-bond donors (Lipinski definition) is 1. The van der Waals surface area contributed by atoms with Crippen LogP contribution in [0.15, 0.2) is 48.5 Å². The second-order valence-electron chi connectivity index (χ2n) is 4.66. The number of methoxy groups -OCH3 is 1. The fourth-order valence-corrected chi connectivity index (χ4v) is 2.49. The fraction of sp³-hybridized carbons (Fsp3) is 0.250. The Morgan fingerprint density at radius 1 is 1.05 bits per heavy atom. The van der Waals surface area contributed by atoms with E-state index < -0.39 is 0 Å². The summed E-state index contributed by atoms with van der Waals surface area (Å²) in [5.74, 6) is 0.894. The van der Waals surface area contributed by atoms with Gasteiger partial charge in [0.05, 0.1) is 7.11 Å². The molecule has 3 heteroatoms. The van der Waals surface area contributed by atoms with E-state index in [-0.39, 0.29) is 0 Å². The van der Waals surface area contributed by atoms with E-state index in [1.54, 1.807) is 7.11 Å². The summed E-state index contributed by atoms with van der Waals surface area (Å²) in [6.07, 6.45) is 0. The molecule has 0 aliphatic carbocycles. The third-order valence-electron chi connectivity index (χ3n) is 3.49. The Hall–Kier alpha value is -2.00. The van der Waals surface area contributed by atoms with Gasteiger partial charge in [-0.3, -0.25) is 0 Å². The van der Waals surface area contributed by atoms with Crippen molar-refractivity contribution in [1.82, 2.24) is 5.32 Å². The molecule has 0 atom stereocenters. The van der Waals surface area contributed by atoms with Crippen molar-refractivity contribution < 1.29 is 4.74 Å². The summed E-state index contributed by atoms with van der Waals surface area (Å²) >= 11 is 0. The molecular formula is C16H18N2O. The zero-order valence-corrected chi connectivity index (χ0v) is 11.1. The largest absolute Gasteiger partial charge is 0.497 e. The number of rotatable bonds is 2. The predicted octanol–water partition coefficient (Wildman–Crippen LogP) is 2.94. The van der Waals surface area contributed by atoms with E-state index in [0.29, 0.717) is 0 Å². The second-order valence-corrected chi connectivity index (χ2v) is 4.66. The van der Waals surface area contributed by atoms with E-state index >= 15 is 0 Å². The van der Waals surface area contributed by atoms with Gasteiger partial charge in [-0.15, -0.1) is 0 Å². The molecule has 0 bridgehead atoms. The smallest absolute Gasteiger partial charge is 0.119 e. The zero-order chi connectivity index (χ0) is 13.1. The average molecular weight is 254 g/mol. The number of benzene rings is 2. The molecule has 0 aromatic heterocycles. The standard InChI is InChI=1S/C16H18N2O/c1-19-15-8-6-14(7-9-15)18-11-10-17-12-13-4-2-3-5-16(13)18/h2-9,17H,10-12H2,1H3. The first kappa shape index (κ1) is 12.1. The lowest BCUT2D eigenvalue weighted by molar-refractivity contribution is 0.415. The first-order valence-electron chi connectivity index (χ1n) is 6.59. The Balaban J connectivity index is 1.99. The molecule has 0 saturated heterocycles. The third-order valence-corrected chi connectivity index (χ3v) is 3.49. The summed E-state index contributed by atoms with van der Waals surface area (Å²) in [5.41, 5.74) is 3.84. The van der Waals surface area contributed by atoms with E-state index in [4.69, 9.17) is 4.74 Å². The molecule has 1 heterocycles. The lowest BCUT2D eigenvalue weighted by atomic mass is 10.1. The van der Waals surface area contributed by atoms with Gasteiger partial charge in [-0.2, -0.15) is 0 Å². The summed E-state index contributed by atoms with van der Waals surface area (Å²) in [7, 11) is 1.69. The minimum Gasteiger partial charge on any atom is -0.497 e. The Labute approximate surface area is 113 Å². The van der Waals surface area contributed by atoms with Gasteiger partial charge in [0.2, 0.25) is 0 Å². The van der Waals surface area contributed by atoms with Gasteiger partial charge >= 0.3 is 0 Å². The zero-order valence-electron chi connectivity index (χ0n) is 11.1. The van der Waals surface area contributed by atoms with Crippen LogP contribution in [0.3, 0.4) is 0 Å². The highest BCUT2D eigenvalue weighted by atomic mass is 16.5. The van der Waals surface area contributed by atoms with Crippen molar-refractivity contribution in [1.29, 1.82) is 0 Å². The molecule has 98 valence electrons. The lowest BCUT2D eigenvalue weighted by Gasteiger charge is -2.24. The van der Waals surface area contributed by atoms with Crippen LogP contribution in [-0.4, -0.2) is 20.2 Å². The van der Waals surface area contributed by atoms with Gasteiger partial charge in [-0.25, -0.2) is 0 Å². The number of ether oxygens (including phenoxy) is 1. The number of hydrogen-bond acceptors (Lipinski definition) is 3. The molecule has 0 fully saturated rings. The molecule has 0 unspecified atom stereocenters. The third kappa shape index (κ3) is 2.42. The first-order chi connectivity index (χ1) is 9.38. The Morgan fingerprint density at radius 2 is 1.84 bits per heavy atom. The summed E-state index contributed by atoms with van der Waals surface area (Å²) < 4.78 is 5.22. The van der Waals surface area contributed by atoms with Gasteiger partial charge < -0.3 is 15.0 Å². The average Bonchev–Trinajstić information content (AvgIpc) is 2.70. The summed E-state index contributed by atoms with van der Waals surface area (Å²) in [5, 5.41) is 3.46. The van der Waals surface area contributed by atoms with E-state index in [0.717, 1.165) is 25.4 Å². The van der Waals surface area contributed by atoms with E-state index in [1.807, 2.05) is 12.1 Å². The van der Waals surface area contributed by atoms with Gasteiger partial charge in [0.15, 0.2) is 0 Å². The molecule has 2 aromatic carbocycles. The van der Waals surface area contributed by atoms with Crippen molar-refractivity contribution in [3.05, 3.63) is 54.1 Å². The van der Waals surface area contributed by atoms with Crippen LogP contribution < -0.4 is 15.0 Å². The van der Waals surface area contributed by atoms with Crippen LogP contribution in [0.4, 0.5) is 11.4 Å². The number of para-hydroxylation sites is 1. The van der Waals surface area contributed by atoms with Crippen molar-refractivity contribution >= 4 is 11.4 Å². The number of nitrogens with zero attached hydrogens (tertiary/aromatic N) is 1. The van der Waals surface area contributed by atoms with Crippen molar-refractivity contribution in [2.24, 2.45) is 0 Å². The van der Waals surface area contributed by atoms with Crippen molar-refractivity contribution in [2.45, 2.75) is 6.54 Å². The van der Waals surface area contributed by atoms with Crippen LogP contribution in [0.25, 0.3) is 0 Å². The molecule has 2 aromatic rings. The normalized spacial score (nSPS) is 14.7. The maximum atomic E-state index is 5.22. The molecule has 3 nitrogen and oxygen atoms in total. The minimum absolute atomic E-state index is 0.894. The Kier molecular flexibility index (Phi) is 3.38. The number of anilines is 2. The summed E-state index contributed by atoms with van der Waals surface area (Å²) in [6, 6.07) is 16.8. The van der Waals surface area contributed by atoms with Crippen LogP contribution in [0.2, 0.25) is 0 Å². The molecule has 1 N–H and O–H groups in total. The molecule has 0 spiro atoms. The summed E-state index contributed by atoms with van der Waals surface area (Å²) in [4.78, 5) is 2.36. The Bertz CT molecular complexity index is 551. The molecule has 1 aliphatic heterocycles. The quantitative estimate of drug-likeness (QED) is 0.891. The second kappa shape index (κ2) is 5.33. The van der Waals surface area contributed by atoms with Gasteiger partial charge in [-0.05, 0) is 35.9 Å².